The number of nitrogens with zero attached hydrogens (tertiary/aromatic N) is 2. The van der Waals surface area contributed by atoms with E-state index in [0.29, 0.717) is 17.4 Å². The minimum Gasteiger partial charge on any atom is -0.481 e. The minimum atomic E-state index is -0.939. The van der Waals surface area contributed by atoms with Gasteiger partial charge in [0, 0.05) is 13.0 Å². The van der Waals surface area contributed by atoms with Crippen molar-refractivity contribution in [3.05, 3.63) is 23.5 Å². The lowest BCUT2D eigenvalue weighted by Gasteiger charge is -2.20. The van der Waals surface area contributed by atoms with Gasteiger partial charge in [-0.15, -0.1) is 0 Å². The first-order chi connectivity index (χ1) is 10.0. The topological polar surface area (TPSA) is 82.5 Å². The lowest BCUT2D eigenvalue weighted by atomic mass is 10.0. The standard InChI is InChI=1S/C14H18ClN3O3/c15-12-4-3-11(8-16-12)17-13(19)7-10(14(20)21)9-18-5-1-2-6-18/h3-4,8,10H,1-2,5-7,9H2,(H,17,19)(H,20,21)/t10-/m1/s1. The number of nitrogens with one attached hydrogen (secondary N) is 1. The van der Waals surface area contributed by atoms with Gasteiger partial charge in [-0.05, 0) is 38.1 Å². The number of aromatic nitrogens is 1. The molecule has 1 aromatic rings. The van der Waals surface area contributed by atoms with E-state index in [1.807, 2.05) is 0 Å². The fourth-order valence-electron chi connectivity index (χ4n) is 2.39. The summed E-state index contributed by atoms with van der Waals surface area (Å²) in [5.74, 6) is -1.96. The maximum absolute atomic E-state index is 11.9. The molecule has 0 aromatic carbocycles. The number of carbonyl (C=O) groups excluding carboxylic acids is 1. The molecule has 0 spiro atoms. The highest BCUT2D eigenvalue weighted by molar-refractivity contribution is 6.29. The highest BCUT2D eigenvalue weighted by atomic mass is 35.5. The Bertz CT molecular complexity index is 501. The number of halogens is 1. The highest BCUT2D eigenvalue weighted by Gasteiger charge is 2.25. The summed E-state index contributed by atoms with van der Waals surface area (Å²) in [5, 5.41) is 12.2. The van der Waals surface area contributed by atoms with Crippen LogP contribution in [0.15, 0.2) is 18.3 Å². The van der Waals surface area contributed by atoms with E-state index < -0.39 is 11.9 Å². The maximum atomic E-state index is 11.9. The zero-order valence-electron chi connectivity index (χ0n) is 11.6. The Labute approximate surface area is 128 Å². The van der Waals surface area contributed by atoms with Crippen molar-refractivity contribution >= 4 is 29.2 Å². The van der Waals surface area contributed by atoms with Gasteiger partial charge in [0.1, 0.15) is 5.15 Å². The van der Waals surface area contributed by atoms with Crippen molar-refractivity contribution in [1.29, 1.82) is 0 Å². The quantitative estimate of drug-likeness (QED) is 0.784. The van der Waals surface area contributed by atoms with Crippen LogP contribution in [0.1, 0.15) is 19.3 Å². The molecular formula is C14H18ClN3O3. The van der Waals surface area contributed by atoms with Gasteiger partial charge in [-0.3, -0.25) is 9.59 Å². The van der Waals surface area contributed by atoms with Crippen LogP contribution in [0.2, 0.25) is 5.15 Å². The van der Waals surface area contributed by atoms with E-state index in [0.717, 1.165) is 25.9 Å². The zero-order valence-corrected chi connectivity index (χ0v) is 12.3. The third-order valence-corrected chi connectivity index (χ3v) is 3.69. The zero-order chi connectivity index (χ0) is 15.2. The number of amides is 1. The van der Waals surface area contributed by atoms with Gasteiger partial charge in [-0.25, -0.2) is 4.98 Å². The number of hydrogen-bond acceptors (Lipinski definition) is 4. The molecule has 2 N–H and O–H groups in total. The normalized spacial score (nSPS) is 16.6. The Morgan fingerprint density at radius 1 is 1.38 bits per heavy atom. The number of likely N-dealkylation sites (tertiary alicyclic amines) is 1. The molecule has 114 valence electrons. The molecule has 1 fully saturated rings. The van der Waals surface area contributed by atoms with Crippen LogP contribution in [0.4, 0.5) is 5.69 Å². The fraction of sp³-hybridized carbons (Fsp3) is 0.500. The summed E-state index contributed by atoms with van der Waals surface area (Å²) in [6.07, 6.45) is 3.58. The molecule has 1 atom stereocenters. The molecule has 2 rings (SSSR count). The van der Waals surface area contributed by atoms with Crippen molar-refractivity contribution in [2.75, 3.05) is 25.0 Å². The molecule has 21 heavy (non-hydrogen) atoms. The smallest absolute Gasteiger partial charge is 0.308 e. The summed E-state index contributed by atoms with van der Waals surface area (Å²) in [4.78, 5) is 29.2. The molecular weight excluding hydrogens is 294 g/mol. The van der Waals surface area contributed by atoms with E-state index in [1.54, 1.807) is 12.1 Å². The number of anilines is 1. The number of aliphatic carboxylic acids is 1. The first-order valence-electron chi connectivity index (χ1n) is 6.91. The predicted octanol–water partition coefficient (Wildman–Crippen LogP) is 1.86. The SMILES string of the molecule is O=C(C[C@H](CN1CCCC1)C(=O)O)Nc1ccc(Cl)nc1. The Morgan fingerprint density at radius 2 is 2.10 bits per heavy atom. The molecule has 1 saturated heterocycles. The molecule has 0 aliphatic carbocycles. The number of carboxylic acids is 1. The number of carboxylic acid groups (broad SMARTS) is 1. The van der Waals surface area contributed by atoms with E-state index in [1.165, 1.54) is 6.20 Å². The second-order valence-electron chi connectivity index (χ2n) is 5.16. The Hall–Kier alpha value is -1.66. The largest absolute Gasteiger partial charge is 0.481 e. The molecule has 1 aliphatic rings. The molecule has 6 nitrogen and oxygen atoms in total. The third-order valence-electron chi connectivity index (χ3n) is 3.47. The number of pyridine rings is 1. The fourth-order valence-corrected chi connectivity index (χ4v) is 2.50. The van der Waals surface area contributed by atoms with Crippen molar-refractivity contribution in [3.8, 4) is 0 Å². The van der Waals surface area contributed by atoms with Crippen LogP contribution >= 0.6 is 11.6 Å². The maximum Gasteiger partial charge on any atom is 0.308 e. The molecule has 0 radical (unpaired) electrons. The van der Waals surface area contributed by atoms with Gasteiger partial charge in [-0.2, -0.15) is 0 Å². The average Bonchev–Trinajstić information content (AvgIpc) is 2.93. The number of carbonyl (C=O) groups is 2. The predicted molar refractivity (Wildman–Crippen MR) is 79.3 cm³/mol. The van der Waals surface area contributed by atoms with Gasteiger partial charge in [-0.1, -0.05) is 11.6 Å². The van der Waals surface area contributed by atoms with Crippen LogP contribution in [-0.4, -0.2) is 46.5 Å². The summed E-state index contributed by atoms with van der Waals surface area (Å²) in [6, 6.07) is 3.19. The molecule has 0 bridgehead atoms. The van der Waals surface area contributed by atoms with Crippen LogP contribution in [0, 0.1) is 5.92 Å². The van der Waals surface area contributed by atoms with Crippen molar-refractivity contribution in [2.45, 2.75) is 19.3 Å². The molecule has 1 aliphatic heterocycles. The van der Waals surface area contributed by atoms with Crippen LogP contribution in [0.5, 0.6) is 0 Å². The second-order valence-corrected chi connectivity index (χ2v) is 5.55. The molecule has 1 amide bonds. The lowest BCUT2D eigenvalue weighted by molar-refractivity contribution is -0.144. The first kappa shape index (κ1) is 15.7. The monoisotopic (exact) mass is 311 g/mol. The van der Waals surface area contributed by atoms with Gasteiger partial charge in [0.25, 0.3) is 0 Å². The molecule has 2 heterocycles. The lowest BCUT2D eigenvalue weighted by Crippen LogP contribution is -2.33. The van der Waals surface area contributed by atoms with Gasteiger partial charge in [0.15, 0.2) is 0 Å². The van der Waals surface area contributed by atoms with Gasteiger partial charge < -0.3 is 15.3 Å². The van der Waals surface area contributed by atoms with Gasteiger partial charge in [0.2, 0.25) is 5.91 Å². The number of hydrogen-bond donors (Lipinski definition) is 2. The summed E-state index contributed by atoms with van der Waals surface area (Å²) < 4.78 is 0. The van der Waals surface area contributed by atoms with E-state index >= 15 is 0 Å². The molecule has 0 saturated carbocycles. The van der Waals surface area contributed by atoms with Crippen molar-refractivity contribution in [2.24, 2.45) is 5.92 Å². The second kappa shape index (κ2) is 7.38. The van der Waals surface area contributed by atoms with E-state index in [-0.39, 0.29) is 12.3 Å². The van der Waals surface area contributed by atoms with Crippen LogP contribution in [0.3, 0.4) is 0 Å². The Kier molecular flexibility index (Phi) is 5.52. The van der Waals surface area contributed by atoms with Crippen molar-refractivity contribution < 1.29 is 14.7 Å². The molecule has 0 unspecified atom stereocenters. The summed E-state index contributed by atoms with van der Waals surface area (Å²) >= 11 is 5.66. The van der Waals surface area contributed by atoms with Crippen molar-refractivity contribution in [3.63, 3.8) is 0 Å². The van der Waals surface area contributed by atoms with Crippen molar-refractivity contribution in [1.82, 2.24) is 9.88 Å². The highest BCUT2D eigenvalue weighted by Crippen LogP contribution is 2.15. The van der Waals surface area contributed by atoms with Gasteiger partial charge in [0.05, 0.1) is 17.8 Å². The van der Waals surface area contributed by atoms with Gasteiger partial charge >= 0.3 is 5.97 Å². The Morgan fingerprint density at radius 3 is 2.67 bits per heavy atom. The van der Waals surface area contributed by atoms with E-state index in [9.17, 15) is 14.7 Å². The minimum absolute atomic E-state index is 0.0472. The number of rotatable bonds is 6. The molecule has 1 aromatic heterocycles. The third kappa shape index (κ3) is 4.99. The summed E-state index contributed by atoms with van der Waals surface area (Å²) in [7, 11) is 0. The molecule has 7 heteroatoms. The van der Waals surface area contributed by atoms with Crippen LogP contribution in [0.25, 0.3) is 0 Å². The summed E-state index contributed by atoms with van der Waals surface area (Å²) in [6.45, 7) is 2.24. The summed E-state index contributed by atoms with van der Waals surface area (Å²) in [5.41, 5.74) is 0.509. The van der Waals surface area contributed by atoms with Crippen LogP contribution in [-0.2, 0) is 9.59 Å². The first-order valence-corrected chi connectivity index (χ1v) is 7.29. The average molecular weight is 312 g/mol. The van der Waals surface area contributed by atoms with E-state index in [4.69, 9.17) is 11.6 Å². The van der Waals surface area contributed by atoms with Crippen LogP contribution < -0.4 is 5.32 Å². The Balaban J connectivity index is 1.88. The van der Waals surface area contributed by atoms with E-state index in [2.05, 4.69) is 15.2 Å².